The standard InChI is InChI=1S/C8H15FN2O2/c9-3-7-4-11-1-2-13-6-8(11,12)5-10-7/h7,10,12H,1-6H2/t7-,8?/m1/s1. The van der Waals surface area contributed by atoms with Gasteiger partial charge in [0.05, 0.1) is 13.2 Å². The van der Waals surface area contributed by atoms with Crippen molar-refractivity contribution in [3.8, 4) is 0 Å². The number of rotatable bonds is 1. The van der Waals surface area contributed by atoms with Crippen LogP contribution in [-0.4, -0.2) is 61.3 Å². The second kappa shape index (κ2) is 3.49. The van der Waals surface area contributed by atoms with Gasteiger partial charge in [0, 0.05) is 25.7 Å². The Kier molecular flexibility index (Phi) is 2.51. The Labute approximate surface area is 76.7 Å². The predicted octanol–water partition coefficient (Wildman–Crippen LogP) is -1.05. The molecule has 2 aliphatic heterocycles. The van der Waals surface area contributed by atoms with Crippen LogP contribution in [0.5, 0.6) is 0 Å². The molecule has 0 aliphatic carbocycles. The Morgan fingerprint density at radius 3 is 3.31 bits per heavy atom. The van der Waals surface area contributed by atoms with Crippen molar-refractivity contribution in [1.29, 1.82) is 0 Å². The zero-order chi connectivity index (χ0) is 9.31. The van der Waals surface area contributed by atoms with Gasteiger partial charge >= 0.3 is 0 Å². The van der Waals surface area contributed by atoms with E-state index in [-0.39, 0.29) is 12.7 Å². The molecule has 0 radical (unpaired) electrons. The molecule has 5 heteroatoms. The maximum atomic E-state index is 12.4. The van der Waals surface area contributed by atoms with Crippen LogP contribution in [0.1, 0.15) is 0 Å². The molecule has 76 valence electrons. The van der Waals surface area contributed by atoms with E-state index in [0.717, 1.165) is 0 Å². The van der Waals surface area contributed by atoms with Crippen LogP contribution in [0.4, 0.5) is 4.39 Å². The van der Waals surface area contributed by atoms with Crippen LogP contribution in [0.25, 0.3) is 0 Å². The Hall–Kier alpha value is -0.230. The summed E-state index contributed by atoms with van der Waals surface area (Å²) in [7, 11) is 0. The number of piperazine rings is 1. The highest BCUT2D eigenvalue weighted by atomic mass is 19.1. The zero-order valence-electron chi connectivity index (χ0n) is 7.50. The molecule has 2 atom stereocenters. The Bertz CT molecular complexity index is 193. The van der Waals surface area contributed by atoms with E-state index in [0.29, 0.717) is 32.8 Å². The lowest BCUT2D eigenvalue weighted by molar-refractivity contribution is -0.202. The van der Waals surface area contributed by atoms with E-state index >= 15 is 0 Å². The van der Waals surface area contributed by atoms with Crippen molar-refractivity contribution in [2.75, 3.05) is 39.5 Å². The third-order valence-corrected chi connectivity index (χ3v) is 2.73. The molecule has 2 N–H and O–H groups in total. The van der Waals surface area contributed by atoms with E-state index in [9.17, 15) is 9.50 Å². The molecule has 0 saturated carbocycles. The van der Waals surface area contributed by atoms with Crippen molar-refractivity contribution in [2.45, 2.75) is 11.8 Å². The van der Waals surface area contributed by atoms with E-state index in [1.165, 1.54) is 0 Å². The van der Waals surface area contributed by atoms with Crippen molar-refractivity contribution in [2.24, 2.45) is 0 Å². The summed E-state index contributed by atoms with van der Waals surface area (Å²) in [4.78, 5) is 1.90. The summed E-state index contributed by atoms with van der Waals surface area (Å²) in [6.45, 7) is 2.21. The number of nitrogens with zero attached hydrogens (tertiary/aromatic N) is 1. The molecular formula is C8H15FN2O2. The van der Waals surface area contributed by atoms with Gasteiger partial charge in [-0.15, -0.1) is 0 Å². The van der Waals surface area contributed by atoms with E-state index < -0.39 is 5.72 Å². The van der Waals surface area contributed by atoms with Gasteiger partial charge in [0.15, 0.2) is 5.72 Å². The van der Waals surface area contributed by atoms with Crippen LogP contribution in [0, 0.1) is 0 Å². The molecule has 0 amide bonds. The van der Waals surface area contributed by atoms with Gasteiger partial charge in [0.1, 0.15) is 6.67 Å². The SMILES string of the molecule is OC12CN[C@H](CF)CN1CCOC2. The zero-order valence-corrected chi connectivity index (χ0v) is 7.50. The van der Waals surface area contributed by atoms with Gasteiger partial charge in [0.2, 0.25) is 0 Å². The third kappa shape index (κ3) is 1.69. The van der Waals surface area contributed by atoms with Crippen LogP contribution in [0.3, 0.4) is 0 Å². The molecule has 13 heavy (non-hydrogen) atoms. The molecule has 2 aliphatic rings. The van der Waals surface area contributed by atoms with Crippen molar-refractivity contribution >= 4 is 0 Å². The number of halogens is 1. The Morgan fingerprint density at radius 1 is 1.69 bits per heavy atom. The van der Waals surface area contributed by atoms with Crippen molar-refractivity contribution in [1.82, 2.24) is 10.2 Å². The second-order valence-corrected chi connectivity index (χ2v) is 3.71. The smallest absolute Gasteiger partial charge is 0.154 e. The first-order valence-corrected chi connectivity index (χ1v) is 4.59. The van der Waals surface area contributed by atoms with Gasteiger partial charge in [-0.1, -0.05) is 0 Å². The van der Waals surface area contributed by atoms with E-state index in [4.69, 9.17) is 4.74 Å². The highest BCUT2D eigenvalue weighted by Gasteiger charge is 2.42. The molecule has 4 nitrogen and oxygen atoms in total. The summed E-state index contributed by atoms with van der Waals surface area (Å²) in [5.74, 6) is 0. The Balaban J connectivity index is 2.01. The minimum atomic E-state index is -0.913. The predicted molar refractivity (Wildman–Crippen MR) is 45.1 cm³/mol. The largest absolute Gasteiger partial charge is 0.376 e. The van der Waals surface area contributed by atoms with Crippen LogP contribution >= 0.6 is 0 Å². The fraction of sp³-hybridized carbons (Fsp3) is 1.00. The van der Waals surface area contributed by atoms with Gasteiger partial charge in [-0.2, -0.15) is 0 Å². The van der Waals surface area contributed by atoms with Gasteiger partial charge in [-0.3, -0.25) is 4.90 Å². The summed E-state index contributed by atoms with van der Waals surface area (Å²) >= 11 is 0. The highest BCUT2D eigenvalue weighted by molar-refractivity contribution is 4.92. The number of nitrogens with one attached hydrogen (secondary N) is 1. The maximum Gasteiger partial charge on any atom is 0.154 e. The first-order valence-electron chi connectivity index (χ1n) is 4.59. The van der Waals surface area contributed by atoms with E-state index in [2.05, 4.69) is 5.32 Å². The number of morpholine rings is 1. The number of aliphatic hydroxyl groups is 1. The average Bonchev–Trinajstić information content (AvgIpc) is 2.16. The second-order valence-electron chi connectivity index (χ2n) is 3.71. The van der Waals surface area contributed by atoms with E-state index in [1.54, 1.807) is 0 Å². The molecule has 2 rings (SSSR count). The normalized spacial score (nSPS) is 41.5. The molecular weight excluding hydrogens is 175 g/mol. The van der Waals surface area contributed by atoms with Crippen LogP contribution < -0.4 is 5.32 Å². The minimum Gasteiger partial charge on any atom is -0.376 e. The number of alkyl halides is 1. The Morgan fingerprint density at radius 2 is 2.54 bits per heavy atom. The molecule has 0 aromatic carbocycles. The average molecular weight is 190 g/mol. The number of β-amino-alcohol motifs (C(OH)–C–C–N with tert-alkyl or cyclic N) is 1. The molecule has 2 fully saturated rings. The summed E-state index contributed by atoms with van der Waals surface area (Å²) in [6, 6.07) is -0.140. The quantitative estimate of drug-likeness (QED) is 0.554. The molecule has 0 aromatic rings. The number of ether oxygens (including phenoxy) is 1. The monoisotopic (exact) mass is 190 g/mol. The van der Waals surface area contributed by atoms with Gasteiger partial charge in [0.25, 0.3) is 0 Å². The highest BCUT2D eigenvalue weighted by Crippen LogP contribution is 2.20. The summed E-state index contributed by atoms with van der Waals surface area (Å²) in [5.41, 5.74) is -0.913. The van der Waals surface area contributed by atoms with Gasteiger partial charge in [-0.25, -0.2) is 4.39 Å². The first kappa shape index (κ1) is 9.33. The molecule has 1 unspecified atom stereocenters. The molecule has 2 saturated heterocycles. The van der Waals surface area contributed by atoms with Crippen LogP contribution in [-0.2, 0) is 4.74 Å². The van der Waals surface area contributed by atoms with E-state index in [1.807, 2.05) is 4.90 Å². The fourth-order valence-corrected chi connectivity index (χ4v) is 1.88. The summed E-state index contributed by atoms with van der Waals surface area (Å²) in [6.07, 6.45) is 0. The molecule has 0 bridgehead atoms. The van der Waals surface area contributed by atoms with Crippen LogP contribution in [0.15, 0.2) is 0 Å². The molecule has 0 aromatic heterocycles. The lowest BCUT2D eigenvalue weighted by Gasteiger charge is -2.48. The number of hydrogen-bond donors (Lipinski definition) is 2. The van der Waals surface area contributed by atoms with Gasteiger partial charge in [-0.05, 0) is 0 Å². The van der Waals surface area contributed by atoms with Crippen molar-refractivity contribution in [3.63, 3.8) is 0 Å². The van der Waals surface area contributed by atoms with Crippen molar-refractivity contribution < 1.29 is 14.2 Å². The topological polar surface area (TPSA) is 44.7 Å². The lowest BCUT2D eigenvalue weighted by atomic mass is 10.1. The molecule has 2 heterocycles. The third-order valence-electron chi connectivity index (χ3n) is 2.73. The van der Waals surface area contributed by atoms with Crippen LogP contribution in [0.2, 0.25) is 0 Å². The maximum absolute atomic E-state index is 12.4. The lowest BCUT2D eigenvalue weighted by Crippen LogP contribution is -2.69. The van der Waals surface area contributed by atoms with Crippen molar-refractivity contribution in [3.05, 3.63) is 0 Å². The minimum absolute atomic E-state index is 0.140. The summed E-state index contributed by atoms with van der Waals surface area (Å²) < 4.78 is 17.5. The first-order chi connectivity index (χ1) is 6.24. The molecule has 0 spiro atoms. The number of fused-ring (bicyclic) bond motifs is 1. The number of hydrogen-bond acceptors (Lipinski definition) is 4. The van der Waals surface area contributed by atoms with Gasteiger partial charge < -0.3 is 15.2 Å². The fourth-order valence-electron chi connectivity index (χ4n) is 1.88. The summed E-state index contributed by atoms with van der Waals surface area (Å²) in [5, 5.41) is 13.0.